The summed E-state index contributed by atoms with van der Waals surface area (Å²) in [6.07, 6.45) is 2.03. The number of hydrogen-bond donors (Lipinski definition) is 1. The minimum atomic E-state index is 0.530. The van der Waals surface area contributed by atoms with Gasteiger partial charge < -0.3 is 5.32 Å². The normalized spacial score (nSPS) is 11.0. The van der Waals surface area contributed by atoms with Gasteiger partial charge in [0, 0.05) is 10.0 Å². The third-order valence-corrected chi connectivity index (χ3v) is 3.98. The molecule has 1 nitrogen and oxygen atoms in total. The van der Waals surface area contributed by atoms with Crippen LogP contribution in [-0.2, 0) is 12.8 Å². The van der Waals surface area contributed by atoms with E-state index in [1.165, 1.54) is 11.1 Å². The number of benzene rings is 2. The van der Waals surface area contributed by atoms with Crippen molar-refractivity contribution >= 4 is 23.2 Å². The summed E-state index contributed by atoms with van der Waals surface area (Å²) >= 11 is 12.2. The minimum absolute atomic E-state index is 0.530. The average Bonchev–Trinajstić information content (AvgIpc) is 2.45. The van der Waals surface area contributed by atoms with Gasteiger partial charge in [0.05, 0.1) is 0 Å². The van der Waals surface area contributed by atoms with Crippen molar-refractivity contribution in [2.45, 2.75) is 19.8 Å². The lowest BCUT2D eigenvalue weighted by atomic mass is 9.92. The summed E-state index contributed by atoms with van der Waals surface area (Å²) in [6.45, 7) is 4.12. The highest BCUT2D eigenvalue weighted by Crippen LogP contribution is 2.19. The van der Waals surface area contributed by atoms with Crippen molar-refractivity contribution in [3.63, 3.8) is 0 Å². The van der Waals surface area contributed by atoms with E-state index in [-0.39, 0.29) is 0 Å². The summed E-state index contributed by atoms with van der Waals surface area (Å²) in [7, 11) is 0. The van der Waals surface area contributed by atoms with Gasteiger partial charge in [0.1, 0.15) is 0 Å². The van der Waals surface area contributed by atoms with Crippen LogP contribution < -0.4 is 5.32 Å². The van der Waals surface area contributed by atoms with Crippen molar-refractivity contribution in [2.24, 2.45) is 5.92 Å². The molecule has 2 aromatic carbocycles. The molecule has 0 bridgehead atoms. The molecule has 0 heterocycles. The lowest BCUT2D eigenvalue weighted by molar-refractivity contribution is 0.478. The van der Waals surface area contributed by atoms with Crippen LogP contribution in [0.4, 0.5) is 0 Å². The van der Waals surface area contributed by atoms with Crippen molar-refractivity contribution in [1.82, 2.24) is 5.32 Å². The van der Waals surface area contributed by atoms with E-state index >= 15 is 0 Å². The van der Waals surface area contributed by atoms with E-state index in [0.29, 0.717) is 5.92 Å². The quantitative estimate of drug-likeness (QED) is 0.756. The molecule has 0 aliphatic rings. The molecule has 0 aromatic heterocycles. The van der Waals surface area contributed by atoms with Crippen LogP contribution in [-0.4, -0.2) is 13.1 Å². The largest absolute Gasteiger partial charge is 0.317 e. The van der Waals surface area contributed by atoms with Crippen LogP contribution in [0.25, 0.3) is 0 Å². The lowest BCUT2D eigenvalue weighted by Crippen LogP contribution is -2.25. The van der Waals surface area contributed by atoms with Crippen LogP contribution in [0.15, 0.2) is 48.5 Å². The van der Waals surface area contributed by atoms with Crippen LogP contribution in [0.3, 0.4) is 0 Å². The van der Waals surface area contributed by atoms with Crippen LogP contribution >= 0.6 is 23.2 Å². The second kappa shape index (κ2) is 8.43. The second-order valence-electron chi connectivity index (χ2n) is 5.34. The van der Waals surface area contributed by atoms with Crippen molar-refractivity contribution in [3.05, 3.63) is 69.7 Å². The molecule has 0 amide bonds. The Kier molecular flexibility index (Phi) is 6.56. The Morgan fingerprint density at radius 2 is 1.43 bits per heavy atom. The number of rotatable bonds is 7. The average molecular weight is 322 g/mol. The van der Waals surface area contributed by atoms with E-state index in [2.05, 4.69) is 36.5 Å². The minimum Gasteiger partial charge on any atom is -0.317 e. The summed E-state index contributed by atoms with van der Waals surface area (Å²) in [5.41, 5.74) is 2.57. The van der Waals surface area contributed by atoms with Gasteiger partial charge in [0.2, 0.25) is 0 Å². The Hall–Kier alpha value is -1.02. The van der Waals surface area contributed by atoms with E-state index in [4.69, 9.17) is 23.2 Å². The zero-order chi connectivity index (χ0) is 15.1. The highest BCUT2D eigenvalue weighted by Gasteiger charge is 2.11. The van der Waals surface area contributed by atoms with Gasteiger partial charge in [0.25, 0.3) is 0 Å². The Labute approximate surface area is 137 Å². The van der Waals surface area contributed by atoms with Gasteiger partial charge >= 0.3 is 0 Å². The molecule has 0 unspecified atom stereocenters. The molecule has 0 saturated heterocycles. The van der Waals surface area contributed by atoms with Gasteiger partial charge in [-0.25, -0.2) is 0 Å². The molecule has 0 spiro atoms. The van der Waals surface area contributed by atoms with Crippen molar-refractivity contribution in [3.8, 4) is 0 Å². The Morgan fingerprint density at radius 1 is 0.905 bits per heavy atom. The van der Waals surface area contributed by atoms with E-state index in [1.54, 1.807) is 0 Å². The van der Waals surface area contributed by atoms with Crippen LogP contribution in [0.1, 0.15) is 18.1 Å². The molecule has 0 aliphatic heterocycles. The molecule has 3 heteroatoms. The first-order valence-corrected chi connectivity index (χ1v) is 8.12. The fraction of sp³-hybridized carbons (Fsp3) is 0.333. The molecular formula is C18H21Cl2N. The maximum absolute atomic E-state index is 6.08. The van der Waals surface area contributed by atoms with Gasteiger partial charge in [-0.1, -0.05) is 54.4 Å². The van der Waals surface area contributed by atoms with Crippen LogP contribution in [0, 0.1) is 5.92 Å². The van der Waals surface area contributed by atoms with Gasteiger partial charge in [-0.05, 0) is 67.2 Å². The van der Waals surface area contributed by atoms with Gasteiger partial charge in [0.15, 0.2) is 0 Å². The first kappa shape index (κ1) is 16.4. The van der Waals surface area contributed by atoms with Gasteiger partial charge in [-0.15, -0.1) is 0 Å². The smallest absolute Gasteiger partial charge is 0.0408 e. The standard InChI is InChI=1S/C18H21Cl2N/c1-2-21-13-16(9-14-5-3-7-17(19)11-14)10-15-6-4-8-18(20)12-15/h3-8,11-12,16,21H,2,9-10,13H2,1H3. The monoisotopic (exact) mass is 321 g/mol. The molecule has 0 radical (unpaired) electrons. The van der Waals surface area contributed by atoms with Crippen molar-refractivity contribution in [2.75, 3.05) is 13.1 Å². The third kappa shape index (κ3) is 5.70. The summed E-state index contributed by atoms with van der Waals surface area (Å²) in [6, 6.07) is 16.3. The predicted octanol–water partition coefficient (Wildman–Crippen LogP) is 5.00. The van der Waals surface area contributed by atoms with E-state index in [9.17, 15) is 0 Å². The molecule has 0 aliphatic carbocycles. The van der Waals surface area contributed by atoms with Crippen LogP contribution in [0.5, 0.6) is 0 Å². The molecular weight excluding hydrogens is 301 g/mol. The van der Waals surface area contributed by atoms with Crippen molar-refractivity contribution < 1.29 is 0 Å². The number of hydrogen-bond acceptors (Lipinski definition) is 1. The number of halogens is 2. The maximum atomic E-state index is 6.08. The number of nitrogens with one attached hydrogen (secondary N) is 1. The van der Waals surface area contributed by atoms with Gasteiger partial charge in [-0.3, -0.25) is 0 Å². The van der Waals surface area contributed by atoms with E-state index in [0.717, 1.165) is 36.0 Å². The molecule has 2 aromatic rings. The lowest BCUT2D eigenvalue weighted by Gasteiger charge is -2.18. The second-order valence-corrected chi connectivity index (χ2v) is 6.21. The molecule has 2 rings (SSSR count). The third-order valence-electron chi connectivity index (χ3n) is 3.51. The maximum Gasteiger partial charge on any atom is 0.0408 e. The summed E-state index contributed by atoms with van der Waals surface area (Å²) in [5, 5.41) is 5.06. The summed E-state index contributed by atoms with van der Waals surface area (Å²) in [5.74, 6) is 0.530. The van der Waals surface area contributed by atoms with Gasteiger partial charge in [-0.2, -0.15) is 0 Å². The zero-order valence-electron chi connectivity index (χ0n) is 12.3. The van der Waals surface area contributed by atoms with Crippen molar-refractivity contribution in [1.29, 1.82) is 0 Å². The highest BCUT2D eigenvalue weighted by atomic mass is 35.5. The molecule has 21 heavy (non-hydrogen) atoms. The molecule has 0 fully saturated rings. The topological polar surface area (TPSA) is 12.0 Å². The summed E-state index contributed by atoms with van der Waals surface area (Å²) in [4.78, 5) is 0. The molecule has 0 atom stereocenters. The summed E-state index contributed by atoms with van der Waals surface area (Å²) < 4.78 is 0. The first-order chi connectivity index (χ1) is 10.2. The molecule has 112 valence electrons. The predicted molar refractivity (Wildman–Crippen MR) is 92.3 cm³/mol. The van der Waals surface area contributed by atoms with E-state index < -0.39 is 0 Å². The Balaban J connectivity index is 2.06. The fourth-order valence-corrected chi connectivity index (χ4v) is 2.99. The first-order valence-electron chi connectivity index (χ1n) is 7.37. The fourth-order valence-electron chi connectivity index (χ4n) is 2.56. The Morgan fingerprint density at radius 3 is 1.86 bits per heavy atom. The molecule has 1 N–H and O–H groups in total. The Bertz CT molecular complexity index is 521. The van der Waals surface area contributed by atoms with E-state index in [1.807, 2.05) is 24.3 Å². The molecule has 0 saturated carbocycles. The van der Waals surface area contributed by atoms with Crippen LogP contribution in [0.2, 0.25) is 10.0 Å². The highest BCUT2D eigenvalue weighted by molar-refractivity contribution is 6.30. The SMILES string of the molecule is CCNCC(Cc1cccc(Cl)c1)Cc1cccc(Cl)c1. The zero-order valence-corrected chi connectivity index (χ0v) is 13.8.